The Labute approximate surface area is 178 Å². The van der Waals surface area contributed by atoms with Crippen molar-refractivity contribution in [1.29, 1.82) is 0 Å². The second-order valence-electron chi connectivity index (χ2n) is 7.15. The summed E-state index contributed by atoms with van der Waals surface area (Å²) in [6.07, 6.45) is 2.03. The number of rotatable bonds is 5. The maximum atomic E-state index is 12.9. The molecule has 0 radical (unpaired) electrons. The number of amides is 2. The number of H-pyrrole nitrogens is 1. The van der Waals surface area contributed by atoms with Gasteiger partial charge in [0.05, 0.1) is 17.7 Å². The van der Waals surface area contributed by atoms with Crippen LogP contribution in [0.5, 0.6) is 11.5 Å². The van der Waals surface area contributed by atoms with E-state index >= 15 is 0 Å². The highest BCUT2D eigenvalue weighted by Gasteiger charge is 2.17. The molecule has 1 aliphatic rings. The van der Waals surface area contributed by atoms with Crippen LogP contribution in [0.2, 0.25) is 0 Å². The molecular formula is C24H19N3O4. The Morgan fingerprint density at radius 2 is 1.71 bits per heavy atom. The molecule has 0 saturated carbocycles. The zero-order valence-corrected chi connectivity index (χ0v) is 16.5. The topological polar surface area (TPSA) is 92.5 Å². The monoisotopic (exact) mass is 413 g/mol. The van der Waals surface area contributed by atoms with Gasteiger partial charge in [-0.3, -0.25) is 9.59 Å². The van der Waals surface area contributed by atoms with Crippen LogP contribution in [0.4, 0.5) is 11.4 Å². The van der Waals surface area contributed by atoms with E-state index in [9.17, 15) is 9.59 Å². The van der Waals surface area contributed by atoms with Crippen LogP contribution in [0.25, 0.3) is 10.9 Å². The molecule has 1 aromatic heterocycles. The molecule has 3 N–H and O–H groups in total. The first kappa shape index (κ1) is 18.7. The molecular weight excluding hydrogens is 394 g/mol. The molecule has 0 aliphatic carbocycles. The Bertz CT molecular complexity index is 1290. The third-order valence-electron chi connectivity index (χ3n) is 5.10. The third kappa shape index (κ3) is 3.81. The van der Waals surface area contributed by atoms with Crippen molar-refractivity contribution in [2.45, 2.75) is 6.42 Å². The van der Waals surface area contributed by atoms with E-state index in [0.29, 0.717) is 28.4 Å². The molecule has 7 nitrogen and oxygen atoms in total. The van der Waals surface area contributed by atoms with Gasteiger partial charge in [0.25, 0.3) is 5.91 Å². The number of hydrogen-bond acceptors (Lipinski definition) is 4. The molecule has 0 saturated heterocycles. The van der Waals surface area contributed by atoms with Gasteiger partial charge in [-0.25, -0.2) is 0 Å². The van der Waals surface area contributed by atoms with E-state index in [1.807, 2.05) is 30.5 Å². The smallest absolute Gasteiger partial charge is 0.257 e. The SMILES string of the molecule is O=C(Cc1c[nH]c2ccccc12)Nc1ccccc1C(=O)Nc1ccc2c(c1)OCO2. The first-order valence-corrected chi connectivity index (χ1v) is 9.82. The molecule has 2 amide bonds. The minimum Gasteiger partial charge on any atom is -0.454 e. The van der Waals surface area contributed by atoms with Crippen LogP contribution in [0.3, 0.4) is 0 Å². The van der Waals surface area contributed by atoms with Gasteiger partial charge in [0.1, 0.15) is 0 Å². The molecule has 0 spiro atoms. The number of ether oxygens (including phenoxy) is 2. The normalized spacial score (nSPS) is 12.0. The highest BCUT2D eigenvalue weighted by molar-refractivity contribution is 6.10. The summed E-state index contributed by atoms with van der Waals surface area (Å²) >= 11 is 0. The van der Waals surface area contributed by atoms with Crippen molar-refractivity contribution >= 4 is 34.1 Å². The summed E-state index contributed by atoms with van der Waals surface area (Å²) in [7, 11) is 0. The third-order valence-corrected chi connectivity index (χ3v) is 5.10. The summed E-state index contributed by atoms with van der Waals surface area (Å²) in [4.78, 5) is 28.7. The fourth-order valence-corrected chi connectivity index (χ4v) is 3.61. The van der Waals surface area contributed by atoms with Gasteiger partial charge in [0.15, 0.2) is 11.5 Å². The van der Waals surface area contributed by atoms with Gasteiger partial charge < -0.3 is 25.1 Å². The van der Waals surface area contributed by atoms with Crippen molar-refractivity contribution in [2.24, 2.45) is 0 Å². The molecule has 0 atom stereocenters. The molecule has 31 heavy (non-hydrogen) atoms. The maximum Gasteiger partial charge on any atom is 0.257 e. The number of benzene rings is 3. The molecule has 0 bridgehead atoms. The largest absolute Gasteiger partial charge is 0.454 e. The van der Waals surface area contributed by atoms with Gasteiger partial charge in [-0.15, -0.1) is 0 Å². The van der Waals surface area contributed by atoms with Crippen molar-refractivity contribution in [2.75, 3.05) is 17.4 Å². The lowest BCUT2D eigenvalue weighted by atomic mass is 10.1. The van der Waals surface area contributed by atoms with Crippen LogP contribution in [-0.4, -0.2) is 23.6 Å². The van der Waals surface area contributed by atoms with Crippen LogP contribution in [0, 0.1) is 0 Å². The molecule has 2 heterocycles. The molecule has 4 aromatic rings. The summed E-state index contributed by atoms with van der Waals surface area (Å²) < 4.78 is 10.6. The zero-order chi connectivity index (χ0) is 21.2. The lowest BCUT2D eigenvalue weighted by Gasteiger charge is -2.12. The number of nitrogens with one attached hydrogen (secondary N) is 3. The van der Waals surface area contributed by atoms with Crippen molar-refractivity contribution in [3.63, 3.8) is 0 Å². The molecule has 154 valence electrons. The molecule has 0 unspecified atom stereocenters. The minimum absolute atomic E-state index is 0.165. The summed E-state index contributed by atoms with van der Waals surface area (Å²) in [6.45, 7) is 0.165. The van der Waals surface area contributed by atoms with E-state index in [1.165, 1.54) is 0 Å². The second kappa shape index (κ2) is 7.87. The standard InChI is InChI=1S/C24H19N3O4/c28-23(11-15-13-25-19-7-3-1-5-17(15)19)27-20-8-4-2-6-18(20)24(29)26-16-9-10-21-22(12-16)31-14-30-21/h1-10,12-13,25H,11,14H2,(H,26,29)(H,27,28). The minimum atomic E-state index is -0.332. The van der Waals surface area contributed by atoms with Crippen LogP contribution in [-0.2, 0) is 11.2 Å². The average molecular weight is 413 g/mol. The van der Waals surface area contributed by atoms with E-state index in [1.54, 1.807) is 42.5 Å². The van der Waals surface area contributed by atoms with E-state index in [2.05, 4.69) is 15.6 Å². The summed E-state index contributed by atoms with van der Waals surface area (Å²) in [5, 5.41) is 6.71. The fourth-order valence-electron chi connectivity index (χ4n) is 3.61. The van der Waals surface area contributed by atoms with Gasteiger partial charge in [-0.2, -0.15) is 0 Å². The number of fused-ring (bicyclic) bond motifs is 2. The highest BCUT2D eigenvalue weighted by Crippen LogP contribution is 2.34. The number of carbonyl (C=O) groups is 2. The fraction of sp³-hybridized carbons (Fsp3) is 0.0833. The van der Waals surface area contributed by atoms with Crippen molar-refractivity contribution in [3.8, 4) is 11.5 Å². The van der Waals surface area contributed by atoms with Gasteiger partial charge in [-0.1, -0.05) is 30.3 Å². The van der Waals surface area contributed by atoms with Gasteiger partial charge in [0.2, 0.25) is 12.7 Å². The Kier molecular flexibility index (Phi) is 4.76. The Hall–Kier alpha value is -4.26. The van der Waals surface area contributed by atoms with Gasteiger partial charge in [0, 0.05) is 28.9 Å². The van der Waals surface area contributed by atoms with E-state index < -0.39 is 0 Å². The quantitative estimate of drug-likeness (QED) is 0.454. The molecule has 0 fully saturated rings. The Balaban J connectivity index is 1.31. The summed E-state index contributed by atoms with van der Waals surface area (Å²) in [5.41, 5.74) is 3.27. The van der Waals surface area contributed by atoms with Gasteiger partial charge >= 0.3 is 0 Å². The van der Waals surface area contributed by atoms with Crippen LogP contribution in [0.1, 0.15) is 15.9 Å². The van der Waals surface area contributed by atoms with E-state index in [0.717, 1.165) is 16.5 Å². The first-order chi connectivity index (χ1) is 15.2. The first-order valence-electron chi connectivity index (χ1n) is 9.82. The number of carbonyl (C=O) groups excluding carboxylic acids is 2. The van der Waals surface area contributed by atoms with Crippen molar-refractivity contribution in [1.82, 2.24) is 4.98 Å². The van der Waals surface area contributed by atoms with Crippen molar-refractivity contribution in [3.05, 3.63) is 84.1 Å². The number of para-hydroxylation sites is 2. The number of aromatic amines is 1. The zero-order valence-electron chi connectivity index (χ0n) is 16.5. The number of hydrogen-bond donors (Lipinski definition) is 3. The summed E-state index contributed by atoms with van der Waals surface area (Å²) in [5.74, 6) is 0.691. The molecule has 1 aliphatic heterocycles. The molecule has 3 aromatic carbocycles. The summed E-state index contributed by atoms with van der Waals surface area (Å²) in [6, 6.07) is 19.9. The van der Waals surface area contributed by atoms with Crippen LogP contribution < -0.4 is 20.1 Å². The van der Waals surface area contributed by atoms with E-state index in [4.69, 9.17) is 9.47 Å². The predicted octanol–water partition coefficient (Wildman–Crippen LogP) is 4.33. The average Bonchev–Trinajstić information content (AvgIpc) is 3.41. The van der Waals surface area contributed by atoms with Crippen LogP contribution >= 0.6 is 0 Å². The molecule has 7 heteroatoms. The second-order valence-corrected chi connectivity index (χ2v) is 7.15. The lowest BCUT2D eigenvalue weighted by molar-refractivity contribution is -0.115. The van der Waals surface area contributed by atoms with E-state index in [-0.39, 0.29) is 25.0 Å². The molecule has 5 rings (SSSR count). The van der Waals surface area contributed by atoms with Crippen molar-refractivity contribution < 1.29 is 19.1 Å². The number of anilines is 2. The Morgan fingerprint density at radius 1 is 0.903 bits per heavy atom. The lowest BCUT2D eigenvalue weighted by Crippen LogP contribution is -2.19. The Morgan fingerprint density at radius 3 is 2.65 bits per heavy atom. The highest BCUT2D eigenvalue weighted by atomic mass is 16.7. The number of aromatic nitrogens is 1. The van der Waals surface area contributed by atoms with Gasteiger partial charge in [-0.05, 0) is 35.9 Å². The maximum absolute atomic E-state index is 12.9. The predicted molar refractivity (Wildman–Crippen MR) is 118 cm³/mol. The van der Waals surface area contributed by atoms with Crippen LogP contribution in [0.15, 0.2) is 72.9 Å².